The largest absolute Gasteiger partial charge is 0.326 e. The topological polar surface area (TPSA) is 63.4 Å². The summed E-state index contributed by atoms with van der Waals surface area (Å²) in [6.07, 6.45) is 1.95. The van der Waals surface area contributed by atoms with E-state index in [1.54, 1.807) is 18.5 Å². The van der Waals surface area contributed by atoms with Crippen molar-refractivity contribution in [3.8, 4) is 0 Å². The smallest absolute Gasteiger partial charge is 0.243 e. The van der Waals surface area contributed by atoms with Crippen LogP contribution in [0.3, 0.4) is 0 Å². The van der Waals surface area contributed by atoms with Crippen molar-refractivity contribution in [1.29, 1.82) is 0 Å². The molecule has 1 fully saturated rings. The zero-order valence-corrected chi connectivity index (χ0v) is 10.1. The first kappa shape index (κ1) is 11.1. The predicted molar refractivity (Wildman–Crippen MR) is 60.2 cm³/mol. The molecule has 84 valence electrons. The Balaban J connectivity index is 2.27. The van der Waals surface area contributed by atoms with Gasteiger partial charge in [0.1, 0.15) is 0 Å². The van der Waals surface area contributed by atoms with Gasteiger partial charge in [0.25, 0.3) is 0 Å². The first-order valence-corrected chi connectivity index (χ1v) is 7.13. The van der Waals surface area contributed by atoms with Crippen LogP contribution in [0.5, 0.6) is 0 Å². The fourth-order valence-electron chi connectivity index (χ4n) is 1.40. The minimum atomic E-state index is -3.28. The molecule has 1 aromatic rings. The van der Waals surface area contributed by atoms with Gasteiger partial charge < -0.3 is 5.73 Å². The monoisotopic (exact) mass is 246 g/mol. The molecular weight excluding hydrogens is 232 g/mol. The molecule has 15 heavy (non-hydrogen) atoms. The molecule has 1 aromatic heterocycles. The maximum absolute atomic E-state index is 12.0. The highest BCUT2D eigenvalue weighted by atomic mass is 32.2. The second-order valence-electron chi connectivity index (χ2n) is 3.71. The van der Waals surface area contributed by atoms with Crippen LogP contribution >= 0.6 is 11.3 Å². The fourth-order valence-corrected chi connectivity index (χ4v) is 3.96. The standard InChI is InChI=1S/C9H14N2O2S2/c1-11(7-2-3-7)15(12,13)9-4-8(5-10)14-6-9/h4,6-7H,2-3,5,10H2,1H3. The number of nitrogens with two attached hydrogens (primary N) is 1. The average Bonchev–Trinajstić information content (AvgIpc) is 2.93. The molecule has 1 aliphatic rings. The molecule has 6 heteroatoms. The summed E-state index contributed by atoms with van der Waals surface area (Å²) in [4.78, 5) is 1.28. The van der Waals surface area contributed by atoms with Gasteiger partial charge in [0.05, 0.1) is 4.90 Å². The first-order valence-electron chi connectivity index (χ1n) is 4.81. The Morgan fingerprint density at radius 2 is 2.27 bits per heavy atom. The van der Waals surface area contributed by atoms with E-state index in [-0.39, 0.29) is 6.04 Å². The van der Waals surface area contributed by atoms with Gasteiger partial charge in [0.2, 0.25) is 10.0 Å². The van der Waals surface area contributed by atoms with Crippen molar-refractivity contribution >= 4 is 21.4 Å². The number of nitrogens with zero attached hydrogens (tertiary/aromatic N) is 1. The second kappa shape index (κ2) is 3.86. The van der Waals surface area contributed by atoms with Gasteiger partial charge in [-0.3, -0.25) is 0 Å². The molecule has 1 saturated carbocycles. The molecule has 1 heterocycles. The molecule has 0 aromatic carbocycles. The number of hydrogen-bond donors (Lipinski definition) is 1. The van der Waals surface area contributed by atoms with Gasteiger partial charge in [0.15, 0.2) is 0 Å². The van der Waals surface area contributed by atoms with Crippen molar-refractivity contribution in [3.05, 3.63) is 16.3 Å². The van der Waals surface area contributed by atoms with Gasteiger partial charge in [-0.05, 0) is 18.9 Å². The highest BCUT2D eigenvalue weighted by Gasteiger charge is 2.35. The molecule has 0 radical (unpaired) electrons. The predicted octanol–water partition coefficient (Wildman–Crippen LogP) is 0.990. The Morgan fingerprint density at radius 3 is 2.73 bits per heavy atom. The molecule has 2 N–H and O–H groups in total. The van der Waals surface area contributed by atoms with E-state index in [9.17, 15) is 8.42 Å². The van der Waals surface area contributed by atoms with Crippen molar-refractivity contribution in [2.24, 2.45) is 5.73 Å². The van der Waals surface area contributed by atoms with Crippen LogP contribution < -0.4 is 5.73 Å². The van der Waals surface area contributed by atoms with Crippen LogP contribution in [0.25, 0.3) is 0 Å². The lowest BCUT2D eigenvalue weighted by Crippen LogP contribution is -2.28. The SMILES string of the molecule is CN(C1CC1)S(=O)(=O)c1csc(CN)c1. The number of sulfonamides is 1. The molecule has 0 atom stereocenters. The summed E-state index contributed by atoms with van der Waals surface area (Å²) in [5.74, 6) is 0. The lowest BCUT2D eigenvalue weighted by Gasteiger charge is -2.14. The van der Waals surface area contributed by atoms with Crippen molar-refractivity contribution in [2.75, 3.05) is 7.05 Å². The van der Waals surface area contributed by atoms with Crippen LogP contribution in [-0.2, 0) is 16.6 Å². The number of hydrogen-bond acceptors (Lipinski definition) is 4. The summed E-state index contributed by atoms with van der Waals surface area (Å²) < 4.78 is 25.5. The van der Waals surface area contributed by atoms with Gasteiger partial charge in [-0.15, -0.1) is 11.3 Å². The molecular formula is C9H14N2O2S2. The van der Waals surface area contributed by atoms with E-state index >= 15 is 0 Å². The zero-order chi connectivity index (χ0) is 11.1. The fraction of sp³-hybridized carbons (Fsp3) is 0.556. The summed E-state index contributed by atoms with van der Waals surface area (Å²) in [7, 11) is -1.63. The van der Waals surface area contributed by atoms with Crippen LogP contribution in [0, 0.1) is 0 Å². The maximum atomic E-state index is 12.0. The third-order valence-electron chi connectivity index (χ3n) is 2.57. The van der Waals surface area contributed by atoms with Crippen LogP contribution in [0.1, 0.15) is 17.7 Å². The van der Waals surface area contributed by atoms with Crippen molar-refractivity contribution in [1.82, 2.24) is 4.31 Å². The van der Waals surface area contributed by atoms with E-state index in [1.807, 2.05) is 0 Å². The molecule has 1 aliphatic carbocycles. The van der Waals surface area contributed by atoms with Gasteiger partial charge in [-0.1, -0.05) is 0 Å². The van der Waals surface area contributed by atoms with E-state index in [4.69, 9.17) is 5.73 Å². The van der Waals surface area contributed by atoms with E-state index < -0.39 is 10.0 Å². The van der Waals surface area contributed by atoms with Gasteiger partial charge in [-0.25, -0.2) is 8.42 Å². The van der Waals surface area contributed by atoms with E-state index in [0.29, 0.717) is 11.4 Å². The van der Waals surface area contributed by atoms with Crippen LogP contribution in [-0.4, -0.2) is 25.8 Å². The minimum Gasteiger partial charge on any atom is -0.326 e. The molecule has 2 rings (SSSR count). The van der Waals surface area contributed by atoms with Crippen LogP contribution in [0.2, 0.25) is 0 Å². The number of rotatable bonds is 4. The molecule has 0 aliphatic heterocycles. The van der Waals surface area contributed by atoms with Crippen LogP contribution in [0.15, 0.2) is 16.3 Å². The minimum absolute atomic E-state index is 0.205. The van der Waals surface area contributed by atoms with Crippen LogP contribution in [0.4, 0.5) is 0 Å². The quantitative estimate of drug-likeness (QED) is 0.861. The third-order valence-corrected chi connectivity index (χ3v) is 5.57. The van der Waals surface area contributed by atoms with E-state index in [0.717, 1.165) is 17.7 Å². The summed E-state index contributed by atoms with van der Waals surface area (Å²) in [6, 6.07) is 1.87. The Hall–Kier alpha value is -0.430. The summed E-state index contributed by atoms with van der Waals surface area (Å²) in [5, 5.41) is 1.66. The Kier molecular flexibility index (Phi) is 2.85. The Labute approximate surface area is 93.8 Å². The van der Waals surface area contributed by atoms with E-state index in [1.165, 1.54) is 15.6 Å². The second-order valence-corrected chi connectivity index (χ2v) is 6.70. The lowest BCUT2D eigenvalue weighted by molar-refractivity contribution is 0.464. The first-order chi connectivity index (χ1) is 7.05. The van der Waals surface area contributed by atoms with Gasteiger partial charge in [0, 0.05) is 29.9 Å². The highest BCUT2D eigenvalue weighted by molar-refractivity contribution is 7.89. The summed E-state index contributed by atoms with van der Waals surface area (Å²) in [6.45, 7) is 0.396. The molecule has 0 saturated heterocycles. The number of thiophene rings is 1. The van der Waals surface area contributed by atoms with E-state index in [2.05, 4.69) is 0 Å². The molecule has 0 spiro atoms. The van der Waals surface area contributed by atoms with Gasteiger partial charge >= 0.3 is 0 Å². The zero-order valence-electron chi connectivity index (χ0n) is 8.51. The van der Waals surface area contributed by atoms with Crippen molar-refractivity contribution in [3.63, 3.8) is 0 Å². The van der Waals surface area contributed by atoms with Gasteiger partial charge in [-0.2, -0.15) is 4.31 Å². The molecule has 4 nitrogen and oxygen atoms in total. The lowest BCUT2D eigenvalue weighted by atomic mass is 10.5. The summed E-state index contributed by atoms with van der Waals surface area (Å²) in [5.41, 5.74) is 5.46. The Bertz CT molecular complexity index is 448. The normalized spacial score (nSPS) is 17.3. The average molecular weight is 246 g/mol. The van der Waals surface area contributed by atoms with Crippen molar-refractivity contribution in [2.45, 2.75) is 30.3 Å². The molecule has 0 bridgehead atoms. The van der Waals surface area contributed by atoms with Crippen molar-refractivity contribution < 1.29 is 8.42 Å². The molecule has 0 unspecified atom stereocenters. The summed E-state index contributed by atoms with van der Waals surface area (Å²) >= 11 is 1.40. The molecule has 0 amide bonds. The maximum Gasteiger partial charge on any atom is 0.243 e. The highest BCUT2D eigenvalue weighted by Crippen LogP contribution is 2.31. The third kappa shape index (κ3) is 2.08. The Morgan fingerprint density at radius 1 is 1.60 bits per heavy atom.